The molecule has 0 aliphatic heterocycles. The minimum absolute atomic E-state index is 0.819. The number of aromatic amines is 1. The molecule has 4 heteroatoms. The number of aryl methyl sites for hydroxylation is 1. The van der Waals surface area contributed by atoms with Crippen molar-refractivity contribution in [3.8, 4) is 0 Å². The molecule has 0 spiro atoms. The molecule has 2 rings (SSSR count). The maximum atomic E-state index is 4.04. The van der Waals surface area contributed by atoms with Crippen molar-refractivity contribution in [1.82, 2.24) is 20.2 Å². The molecule has 0 aliphatic carbocycles. The fourth-order valence-electron chi connectivity index (χ4n) is 0.890. The number of hydrogen-bond donors (Lipinski definition) is 1. The molecule has 4 nitrogen and oxygen atoms in total. The molecule has 0 radical (unpaired) electrons. The van der Waals surface area contributed by atoms with Crippen LogP contribution in [-0.2, 0) is 0 Å². The summed E-state index contributed by atoms with van der Waals surface area (Å²) < 4.78 is 0. The summed E-state index contributed by atoms with van der Waals surface area (Å²) in [7, 11) is 0. The molecule has 0 bridgehead atoms. The van der Waals surface area contributed by atoms with Gasteiger partial charge < -0.3 is 0 Å². The minimum atomic E-state index is 0.819. The van der Waals surface area contributed by atoms with Crippen molar-refractivity contribution in [2.75, 3.05) is 0 Å². The molecule has 2 heterocycles. The van der Waals surface area contributed by atoms with E-state index >= 15 is 0 Å². The van der Waals surface area contributed by atoms with E-state index in [2.05, 4.69) is 20.2 Å². The Kier molecular flexibility index (Phi) is 2.74. The van der Waals surface area contributed by atoms with Gasteiger partial charge in [0.15, 0.2) is 0 Å². The predicted molar refractivity (Wildman–Crippen MR) is 47.8 cm³/mol. The predicted octanol–water partition coefficient (Wildman–Crippen LogP) is 1.69. The van der Waals surface area contributed by atoms with Crippen molar-refractivity contribution in [1.29, 1.82) is 0 Å². The molecule has 12 heavy (non-hydrogen) atoms. The summed E-state index contributed by atoms with van der Waals surface area (Å²) in [5.74, 6) is 0. The molecule has 0 saturated carbocycles. The lowest BCUT2D eigenvalue weighted by Crippen LogP contribution is -1.77. The van der Waals surface area contributed by atoms with E-state index in [0.29, 0.717) is 0 Å². The van der Waals surface area contributed by atoms with E-state index in [-0.39, 0.29) is 0 Å². The van der Waals surface area contributed by atoms with Crippen LogP contribution in [0.3, 0.4) is 0 Å². The third kappa shape index (κ3) is 1.42. The fraction of sp³-hybridized carbons (Fsp3) is 0.375. The van der Waals surface area contributed by atoms with Gasteiger partial charge in [0.25, 0.3) is 0 Å². The van der Waals surface area contributed by atoms with Crippen LogP contribution < -0.4 is 0 Å². The standard InChI is InChI=1S/C6H6N4.C2H6/c1-4-6-5(10-9-4)2-7-3-8-6;1-2/h2-3H,1H3,(H,9,10);1-2H3. The highest BCUT2D eigenvalue weighted by Gasteiger charge is 1.98. The Balaban J connectivity index is 0.000000336. The molecular formula is C8H12N4. The average Bonchev–Trinajstić information content (AvgIpc) is 2.53. The summed E-state index contributed by atoms with van der Waals surface area (Å²) >= 11 is 0. The van der Waals surface area contributed by atoms with Gasteiger partial charge in [0.05, 0.1) is 11.9 Å². The van der Waals surface area contributed by atoms with Crippen molar-refractivity contribution in [3.63, 3.8) is 0 Å². The molecular weight excluding hydrogens is 152 g/mol. The Morgan fingerprint density at radius 2 is 2.08 bits per heavy atom. The number of aromatic nitrogens is 4. The molecule has 0 amide bonds. The molecule has 0 fully saturated rings. The van der Waals surface area contributed by atoms with Gasteiger partial charge in [-0.25, -0.2) is 9.97 Å². The van der Waals surface area contributed by atoms with Crippen molar-refractivity contribution in [2.45, 2.75) is 20.8 Å². The van der Waals surface area contributed by atoms with Gasteiger partial charge in [-0.1, -0.05) is 13.8 Å². The topological polar surface area (TPSA) is 54.5 Å². The van der Waals surface area contributed by atoms with Crippen molar-refractivity contribution >= 4 is 11.0 Å². The van der Waals surface area contributed by atoms with E-state index in [0.717, 1.165) is 16.7 Å². The Bertz CT molecular complexity index is 353. The number of nitrogens with one attached hydrogen (secondary N) is 1. The second kappa shape index (κ2) is 3.80. The summed E-state index contributed by atoms with van der Waals surface area (Å²) in [5.41, 5.74) is 2.70. The first kappa shape index (κ1) is 8.64. The Labute approximate surface area is 71.1 Å². The lowest BCUT2D eigenvalue weighted by molar-refractivity contribution is 1.07. The van der Waals surface area contributed by atoms with Crippen LogP contribution in [0.2, 0.25) is 0 Å². The summed E-state index contributed by atoms with van der Waals surface area (Å²) in [6, 6.07) is 0. The van der Waals surface area contributed by atoms with Crippen LogP contribution in [-0.4, -0.2) is 20.2 Å². The minimum Gasteiger partial charge on any atom is -0.280 e. The van der Waals surface area contributed by atoms with Gasteiger partial charge >= 0.3 is 0 Å². The van der Waals surface area contributed by atoms with Gasteiger partial charge in [-0.3, -0.25) is 5.10 Å². The molecule has 0 atom stereocenters. The lowest BCUT2D eigenvalue weighted by Gasteiger charge is -1.83. The molecule has 2 aromatic heterocycles. The summed E-state index contributed by atoms with van der Waals surface area (Å²) in [6.45, 7) is 5.93. The van der Waals surface area contributed by atoms with Crippen LogP contribution in [0.5, 0.6) is 0 Å². The number of hydrogen-bond acceptors (Lipinski definition) is 3. The van der Waals surface area contributed by atoms with Crippen molar-refractivity contribution in [2.24, 2.45) is 0 Å². The van der Waals surface area contributed by atoms with Crippen molar-refractivity contribution < 1.29 is 0 Å². The quantitative estimate of drug-likeness (QED) is 0.644. The van der Waals surface area contributed by atoms with Crippen LogP contribution in [0.15, 0.2) is 12.5 Å². The van der Waals surface area contributed by atoms with Crippen LogP contribution in [0.4, 0.5) is 0 Å². The van der Waals surface area contributed by atoms with Gasteiger partial charge in [0, 0.05) is 0 Å². The maximum absolute atomic E-state index is 4.04. The average molecular weight is 164 g/mol. The fourth-order valence-corrected chi connectivity index (χ4v) is 0.890. The number of fused-ring (bicyclic) bond motifs is 1. The van der Waals surface area contributed by atoms with E-state index in [1.807, 2.05) is 20.8 Å². The SMILES string of the molecule is CC.Cc1[nH]nc2cncnc12. The Morgan fingerprint density at radius 1 is 1.33 bits per heavy atom. The van der Waals surface area contributed by atoms with Crippen LogP contribution in [0, 0.1) is 6.92 Å². The summed E-state index contributed by atoms with van der Waals surface area (Å²) in [5, 5.41) is 6.79. The van der Waals surface area contributed by atoms with Crippen molar-refractivity contribution in [3.05, 3.63) is 18.2 Å². The molecule has 0 aliphatic rings. The normalized spacial score (nSPS) is 9.25. The number of nitrogens with zero attached hydrogens (tertiary/aromatic N) is 3. The smallest absolute Gasteiger partial charge is 0.129 e. The molecule has 64 valence electrons. The second-order valence-corrected chi connectivity index (χ2v) is 2.11. The van der Waals surface area contributed by atoms with Gasteiger partial charge in [-0.15, -0.1) is 0 Å². The lowest BCUT2D eigenvalue weighted by atomic mass is 10.4. The third-order valence-electron chi connectivity index (χ3n) is 1.39. The van der Waals surface area contributed by atoms with E-state index in [1.54, 1.807) is 6.20 Å². The van der Waals surface area contributed by atoms with Crippen LogP contribution in [0.25, 0.3) is 11.0 Å². The van der Waals surface area contributed by atoms with Gasteiger partial charge in [0.1, 0.15) is 17.4 Å². The van der Waals surface area contributed by atoms with E-state index in [4.69, 9.17) is 0 Å². The van der Waals surface area contributed by atoms with Crippen LogP contribution in [0.1, 0.15) is 19.5 Å². The zero-order valence-corrected chi connectivity index (χ0v) is 7.50. The Hall–Kier alpha value is -1.45. The van der Waals surface area contributed by atoms with Gasteiger partial charge in [0.2, 0.25) is 0 Å². The maximum Gasteiger partial charge on any atom is 0.129 e. The molecule has 1 N–H and O–H groups in total. The zero-order valence-electron chi connectivity index (χ0n) is 7.50. The first-order chi connectivity index (χ1) is 5.88. The van der Waals surface area contributed by atoms with Crippen LogP contribution >= 0.6 is 0 Å². The third-order valence-corrected chi connectivity index (χ3v) is 1.39. The number of H-pyrrole nitrogens is 1. The van der Waals surface area contributed by atoms with E-state index in [9.17, 15) is 0 Å². The second-order valence-electron chi connectivity index (χ2n) is 2.11. The highest BCUT2D eigenvalue weighted by Crippen LogP contribution is 2.07. The monoisotopic (exact) mass is 164 g/mol. The first-order valence-corrected chi connectivity index (χ1v) is 3.98. The zero-order chi connectivity index (χ0) is 8.97. The van der Waals surface area contributed by atoms with E-state index < -0.39 is 0 Å². The molecule has 2 aromatic rings. The van der Waals surface area contributed by atoms with Gasteiger partial charge in [-0.2, -0.15) is 5.10 Å². The number of rotatable bonds is 0. The summed E-state index contributed by atoms with van der Waals surface area (Å²) in [6.07, 6.45) is 3.21. The highest BCUT2D eigenvalue weighted by atomic mass is 15.1. The molecule has 0 saturated heterocycles. The first-order valence-electron chi connectivity index (χ1n) is 3.98. The largest absolute Gasteiger partial charge is 0.280 e. The molecule has 0 unspecified atom stereocenters. The van der Waals surface area contributed by atoms with E-state index in [1.165, 1.54) is 6.33 Å². The van der Waals surface area contributed by atoms with Gasteiger partial charge in [-0.05, 0) is 6.92 Å². The summed E-state index contributed by atoms with van der Waals surface area (Å²) in [4.78, 5) is 7.87. The highest BCUT2D eigenvalue weighted by molar-refractivity contribution is 5.74. The Morgan fingerprint density at radius 3 is 2.75 bits per heavy atom. The molecule has 0 aromatic carbocycles.